The van der Waals surface area contributed by atoms with Crippen LogP contribution < -0.4 is 11.1 Å². The number of rotatable bonds is 7. The van der Waals surface area contributed by atoms with Gasteiger partial charge < -0.3 is 25.8 Å². The van der Waals surface area contributed by atoms with E-state index in [1.165, 1.54) is 32.1 Å². The molecule has 3 aliphatic carbocycles. The molecule has 0 spiro atoms. The Morgan fingerprint density at radius 3 is 2.43 bits per heavy atom. The molecule has 37 heavy (non-hydrogen) atoms. The zero-order valence-corrected chi connectivity index (χ0v) is 22.1. The third-order valence-electron chi connectivity index (χ3n) is 8.94. The summed E-state index contributed by atoms with van der Waals surface area (Å²) in [5.74, 6) is 2.82. The molecule has 1 amide bonds. The smallest absolute Gasteiger partial charge is 0.433 e. The Morgan fingerprint density at radius 2 is 1.81 bits per heavy atom. The first-order valence-electron chi connectivity index (χ1n) is 14.1. The Labute approximate surface area is 218 Å². The predicted molar refractivity (Wildman–Crippen MR) is 143 cm³/mol. The van der Waals surface area contributed by atoms with Crippen molar-refractivity contribution in [1.29, 1.82) is 0 Å². The molecule has 0 aromatic carbocycles. The average molecular weight is 512 g/mol. The molecule has 10 nitrogen and oxygen atoms in total. The Hall–Kier alpha value is -2.75. The average Bonchev–Trinajstić information content (AvgIpc) is 3.19. The second-order valence-corrected chi connectivity index (χ2v) is 11.7. The van der Waals surface area contributed by atoms with Gasteiger partial charge in [0.25, 0.3) is 0 Å². The van der Waals surface area contributed by atoms with Gasteiger partial charge in [0, 0.05) is 12.6 Å². The molecule has 202 valence electrons. The summed E-state index contributed by atoms with van der Waals surface area (Å²) in [6, 6.07) is 0.178. The highest BCUT2D eigenvalue weighted by Crippen LogP contribution is 2.40. The molecule has 5 rings (SSSR count). The van der Waals surface area contributed by atoms with Crippen LogP contribution in [0.15, 0.2) is 4.99 Å². The number of amides is 1. The van der Waals surface area contributed by atoms with Crippen LogP contribution in [0, 0.1) is 17.8 Å². The molecule has 0 radical (unpaired) electrons. The van der Waals surface area contributed by atoms with Crippen molar-refractivity contribution in [3.05, 3.63) is 11.6 Å². The summed E-state index contributed by atoms with van der Waals surface area (Å²) in [7, 11) is 0. The van der Waals surface area contributed by atoms with Crippen molar-refractivity contribution in [2.24, 2.45) is 28.5 Å². The molecule has 0 aliphatic heterocycles. The van der Waals surface area contributed by atoms with Crippen LogP contribution in [0.1, 0.15) is 103 Å². The maximum absolute atomic E-state index is 11.8. The van der Waals surface area contributed by atoms with Crippen molar-refractivity contribution < 1.29 is 15.0 Å². The molecule has 2 heterocycles. The summed E-state index contributed by atoms with van der Waals surface area (Å²) in [5, 5.41) is 24.6. The normalized spacial score (nSPS) is 25.5. The molecule has 3 saturated carbocycles. The molecule has 2 aromatic heterocycles. The number of nitrogens with one attached hydrogen (secondary N) is 1. The van der Waals surface area contributed by atoms with Gasteiger partial charge in [0.2, 0.25) is 0 Å². The molecule has 0 saturated heterocycles. The number of anilines is 1. The molecule has 2 aromatic rings. The molecule has 1 atom stereocenters. The lowest BCUT2D eigenvalue weighted by atomic mass is 9.80. The summed E-state index contributed by atoms with van der Waals surface area (Å²) in [4.78, 5) is 28.8. The van der Waals surface area contributed by atoms with Crippen LogP contribution in [0.5, 0.6) is 0 Å². The Morgan fingerprint density at radius 1 is 1.11 bits per heavy atom. The van der Waals surface area contributed by atoms with E-state index in [1.807, 2.05) is 0 Å². The summed E-state index contributed by atoms with van der Waals surface area (Å²) in [5.41, 5.74) is 6.17. The second kappa shape index (κ2) is 10.6. The fraction of sp³-hybridized carbons (Fsp3) is 0.741. The molecular formula is C27H41N7O3. The first-order valence-corrected chi connectivity index (χ1v) is 14.1. The van der Waals surface area contributed by atoms with E-state index in [0.717, 1.165) is 50.1 Å². The number of amidine groups is 1. The summed E-state index contributed by atoms with van der Waals surface area (Å²) in [6.07, 6.45) is 11.3. The van der Waals surface area contributed by atoms with E-state index >= 15 is 0 Å². The van der Waals surface area contributed by atoms with Crippen molar-refractivity contribution in [2.45, 2.75) is 109 Å². The van der Waals surface area contributed by atoms with Gasteiger partial charge in [-0.2, -0.15) is 4.99 Å². The number of aromatic nitrogens is 4. The number of imidazole rings is 1. The van der Waals surface area contributed by atoms with E-state index in [9.17, 15) is 9.90 Å². The predicted octanol–water partition coefficient (Wildman–Crippen LogP) is 4.79. The first kappa shape index (κ1) is 25.9. The summed E-state index contributed by atoms with van der Waals surface area (Å²) >= 11 is 0. The van der Waals surface area contributed by atoms with Crippen LogP contribution in [0.3, 0.4) is 0 Å². The Balaban J connectivity index is 1.64. The van der Waals surface area contributed by atoms with Gasteiger partial charge in [0.15, 0.2) is 23.1 Å². The number of hydrogen-bond donors (Lipinski definition) is 4. The van der Waals surface area contributed by atoms with Crippen LogP contribution >= 0.6 is 0 Å². The molecule has 0 bridgehead atoms. The number of nitrogens with zero attached hydrogens (tertiary/aromatic N) is 5. The van der Waals surface area contributed by atoms with Gasteiger partial charge in [0.05, 0.1) is 0 Å². The minimum Gasteiger partial charge on any atom is -0.463 e. The molecular weight excluding hydrogens is 470 g/mol. The number of carboxylic acid groups (broad SMARTS) is 1. The maximum atomic E-state index is 11.8. The molecule has 0 unspecified atom stereocenters. The van der Waals surface area contributed by atoms with Crippen LogP contribution in [0.2, 0.25) is 0 Å². The zero-order valence-electron chi connectivity index (χ0n) is 22.1. The third-order valence-corrected chi connectivity index (χ3v) is 8.94. The summed E-state index contributed by atoms with van der Waals surface area (Å²) < 4.78 is 2.17. The van der Waals surface area contributed by atoms with Gasteiger partial charge >= 0.3 is 6.09 Å². The largest absolute Gasteiger partial charge is 0.463 e. The lowest BCUT2D eigenvalue weighted by Gasteiger charge is -2.34. The van der Waals surface area contributed by atoms with Crippen LogP contribution in [-0.4, -0.2) is 47.7 Å². The monoisotopic (exact) mass is 511 g/mol. The van der Waals surface area contributed by atoms with E-state index in [4.69, 9.17) is 20.8 Å². The minimum absolute atomic E-state index is 0.0385. The minimum atomic E-state index is -1.40. The van der Waals surface area contributed by atoms with E-state index < -0.39 is 11.7 Å². The van der Waals surface area contributed by atoms with Crippen LogP contribution in [0.25, 0.3) is 11.2 Å². The maximum Gasteiger partial charge on any atom is 0.433 e. The number of carbonyl (C=O) groups is 1. The SMILES string of the molecule is CC1CCC(Cn2c(C3(O)CCCCC3)nc3nc(/C(N)=N/C(=O)O)nc(N[C@H](C)C4CCC4)c32)CC1. The van der Waals surface area contributed by atoms with Crippen LogP contribution in [0.4, 0.5) is 10.6 Å². The number of aliphatic imine (C=N–C) groups is 1. The van der Waals surface area contributed by atoms with Gasteiger partial charge in [0.1, 0.15) is 16.9 Å². The highest BCUT2D eigenvalue weighted by Gasteiger charge is 2.38. The molecule has 3 aliphatic rings. The van der Waals surface area contributed by atoms with Crippen molar-refractivity contribution >= 4 is 28.9 Å². The summed E-state index contributed by atoms with van der Waals surface area (Å²) in [6.45, 7) is 5.24. The molecule has 5 N–H and O–H groups in total. The Kier molecular flexibility index (Phi) is 7.38. The lowest BCUT2D eigenvalue weighted by Crippen LogP contribution is -2.34. The highest BCUT2D eigenvalue weighted by atomic mass is 16.4. The number of aliphatic hydroxyl groups is 1. The van der Waals surface area contributed by atoms with Crippen molar-refractivity contribution in [1.82, 2.24) is 19.5 Å². The van der Waals surface area contributed by atoms with Crippen LogP contribution in [-0.2, 0) is 12.1 Å². The topological polar surface area (TPSA) is 152 Å². The molecule has 3 fully saturated rings. The van der Waals surface area contributed by atoms with E-state index in [0.29, 0.717) is 42.0 Å². The van der Waals surface area contributed by atoms with Gasteiger partial charge in [-0.15, -0.1) is 0 Å². The fourth-order valence-electron chi connectivity index (χ4n) is 6.34. The Bertz CT molecular complexity index is 1160. The molecule has 10 heteroatoms. The zero-order chi connectivity index (χ0) is 26.2. The van der Waals surface area contributed by atoms with Crippen molar-refractivity contribution in [2.75, 3.05) is 5.32 Å². The third kappa shape index (κ3) is 5.44. The fourth-order valence-corrected chi connectivity index (χ4v) is 6.34. The quantitative estimate of drug-likeness (QED) is 0.306. The van der Waals surface area contributed by atoms with Gasteiger partial charge in [-0.1, -0.05) is 45.4 Å². The van der Waals surface area contributed by atoms with E-state index in [1.54, 1.807) is 0 Å². The highest BCUT2D eigenvalue weighted by molar-refractivity contribution is 6.01. The van der Waals surface area contributed by atoms with E-state index in [2.05, 4.69) is 33.7 Å². The van der Waals surface area contributed by atoms with Crippen molar-refractivity contribution in [3.8, 4) is 0 Å². The van der Waals surface area contributed by atoms with Crippen molar-refractivity contribution in [3.63, 3.8) is 0 Å². The second-order valence-electron chi connectivity index (χ2n) is 11.7. The van der Waals surface area contributed by atoms with E-state index in [-0.39, 0.29) is 17.7 Å². The van der Waals surface area contributed by atoms with Gasteiger partial charge in [-0.25, -0.2) is 19.7 Å². The standard InChI is InChI=1S/C27H41N7O3/c1-16-9-11-18(12-10-16)15-34-20-22(29-17(2)19-7-6-8-19)31-24(21(28)30-26(35)36)32-23(20)33-25(34)27(37)13-4-3-5-14-27/h16-19,37H,3-15H2,1-2H3,(H2,28,30)(H,35,36)(H,29,31,32)/t16?,17-,18?/m1/s1. The number of nitrogens with two attached hydrogens (primary N) is 1. The first-order chi connectivity index (χ1) is 17.7. The van der Waals surface area contributed by atoms with Gasteiger partial charge in [-0.05, 0) is 63.2 Å². The lowest BCUT2D eigenvalue weighted by molar-refractivity contribution is -0.0123. The number of hydrogen-bond acceptors (Lipinski definition) is 6. The number of fused-ring (bicyclic) bond motifs is 1. The van der Waals surface area contributed by atoms with Gasteiger partial charge in [-0.3, -0.25) is 0 Å².